The van der Waals surface area contributed by atoms with Crippen LogP contribution >= 0.6 is 8.25 Å². The van der Waals surface area contributed by atoms with Crippen LogP contribution in [0.25, 0.3) is 11.3 Å². The zero-order chi connectivity index (χ0) is 35.9. The van der Waals surface area contributed by atoms with Gasteiger partial charge in [0.05, 0.1) is 37.9 Å². The maximum Gasteiger partial charge on any atom is 0.365 e. The number of carbonyl (C=O) groups excluding carboxylic acids is 4. The van der Waals surface area contributed by atoms with Gasteiger partial charge in [0.15, 0.2) is 5.76 Å². The van der Waals surface area contributed by atoms with Gasteiger partial charge in [0.1, 0.15) is 23.0 Å². The van der Waals surface area contributed by atoms with E-state index in [1.54, 1.807) is 51.1 Å². The lowest BCUT2D eigenvalue weighted by Gasteiger charge is -2.32. The van der Waals surface area contributed by atoms with E-state index in [1.807, 2.05) is 6.92 Å². The van der Waals surface area contributed by atoms with Crippen LogP contribution in [0.2, 0.25) is 0 Å². The zero-order valence-corrected chi connectivity index (χ0v) is 29.3. The van der Waals surface area contributed by atoms with Crippen LogP contribution in [0.4, 0.5) is 0 Å². The molecule has 0 aliphatic carbocycles. The summed E-state index contributed by atoms with van der Waals surface area (Å²) in [6.45, 7) is 7.41. The number of furan rings is 1. The van der Waals surface area contributed by atoms with Crippen molar-refractivity contribution in [2.24, 2.45) is 5.92 Å². The first-order valence-electron chi connectivity index (χ1n) is 16.0. The largest absolute Gasteiger partial charge is 0.497 e. The van der Waals surface area contributed by atoms with E-state index in [-0.39, 0.29) is 29.5 Å². The van der Waals surface area contributed by atoms with Gasteiger partial charge in [-0.15, -0.1) is 0 Å². The summed E-state index contributed by atoms with van der Waals surface area (Å²) >= 11 is 0. The van der Waals surface area contributed by atoms with Gasteiger partial charge in [-0.25, -0.2) is 9.36 Å². The molecule has 0 fully saturated rings. The van der Waals surface area contributed by atoms with Crippen molar-refractivity contribution >= 4 is 32.4 Å². The van der Waals surface area contributed by atoms with Crippen LogP contribution in [0.1, 0.15) is 79.4 Å². The van der Waals surface area contributed by atoms with Crippen LogP contribution in [-0.4, -0.2) is 60.6 Å². The lowest BCUT2D eigenvalue weighted by molar-refractivity contribution is -0.171. The minimum absolute atomic E-state index is 0.0527. The van der Waals surface area contributed by atoms with Crippen LogP contribution < -0.4 is 24.6 Å². The molecule has 14 nitrogen and oxygen atoms in total. The van der Waals surface area contributed by atoms with Gasteiger partial charge in [-0.2, -0.15) is 5.06 Å². The second kappa shape index (κ2) is 19.3. The molecule has 1 aromatic heterocycles. The Morgan fingerprint density at radius 1 is 1.00 bits per heavy atom. The van der Waals surface area contributed by atoms with Crippen LogP contribution in [-0.2, 0) is 19.0 Å². The van der Waals surface area contributed by atoms with E-state index in [4.69, 9.17) is 23.3 Å². The second-order valence-electron chi connectivity index (χ2n) is 11.0. The number of unbranched alkanes of at least 4 members (excludes halogenated alkanes) is 2. The molecular weight excluding hydrogens is 657 g/mol. The van der Waals surface area contributed by atoms with E-state index >= 15 is 0 Å². The summed E-state index contributed by atoms with van der Waals surface area (Å²) in [5.74, 6) is -1.29. The molecule has 266 valence electrons. The molecule has 3 amide bonds. The van der Waals surface area contributed by atoms with Gasteiger partial charge in [-0.1, -0.05) is 33.1 Å². The van der Waals surface area contributed by atoms with Crippen molar-refractivity contribution in [3.05, 3.63) is 65.4 Å². The molecule has 3 unspecified atom stereocenters. The fraction of sp³-hybridized carbons (Fsp3) is 0.412. The quantitative estimate of drug-likeness (QED) is 0.0449. The van der Waals surface area contributed by atoms with Crippen LogP contribution in [0.15, 0.2) is 52.9 Å². The average Bonchev–Trinajstić information content (AvgIpc) is 3.57. The first-order chi connectivity index (χ1) is 23.5. The van der Waals surface area contributed by atoms with Crippen molar-refractivity contribution in [2.45, 2.75) is 65.8 Å². The average molecular weight is 702 g/mol. The molecule has 0 bridgehead atoms. The molecule has 0 aliphatic rings. The van der Waals surface area contributed by atoms with E-state index < -0.39 is 38.0 Å². The second-order valence-corrected chi connectivity index (χ2v) is 11.7. The molecule has 0 spiro atoms. The molecule has 0 saturated carbocycles. The Labute approximate surface area is 285 Å². The maximum atomic E-state index is 13.5. The van der Waals surface area contributed by atoms with Gasteiger partial charge < -0.3 is 38.8 Å². The molecule has 0 radical (unpaired) electrons. The number of benzene rings is 2. The topological polar surface area (TPSA) is 183 Å². The van der Waals surface area contributed by atoms with Crippen LogP contribution in [0.5, 0.6) is 17.2 Å². The van der Waals surface area contributed by atoms with Gasteiger partial charge in [0, 0.05) is 11.6 Å². The van der Waals surface area contributed by atoms with Crippen molar-refractivity contribution in [3.8, 4) is 28.6 Å². The third-order valence-electron chi connectivity index (χ3n) is 7.63. The number of methoxy groups -OCH3 is 1. The van der Waals surface area contributed by atoms with Gasteiger partial charge in [-0.05, 0) is 74.7 Å². The number of hydrogen-bond acceptors (Lipinski definition) is 10. The molecule has 3 rings (SSSR count). The fourth-order valence-corrected chi connectivity index (χ4v) is 5.55. The van der Waals surface area contributed by atoms with E-state index in [9.17, 15) is 28.6 Å². The van der Waals surface area contributed by atoms with Gasteiger partial charge in [0.25, 0.3) is 5.91 Å². The van der Waals surface area contributed by atoms with Gasteiger partial charge in [-0.3, -0.25) is 14.4 Å². The van der Waals surface area contributed by atoms with Crippen molar-refractivity contribution in [1.29, 1.82) is 0 Å². The maximum absolute atomic E-state index is 13.5. The van der Waals surface area contributed by atoms with Crippen molar-refractivity contribution in [1.82, 2.24) is 15.7 Å². The normalized spacial score (nSPS) is 12.6. The van der Waals surface area contributed by atoms with Crippen molar-refractivity contribution in [2.75, 3.05) is 20.4 Å². The number of hydroxylamine groups is 2. The Hall–Kier alpha value is -4.81. The molecule has 3 N–H and O–H groups in total. The van der Waals surface area contributed by atoms with Crippen molar-refractivity contribution < 1.29 is 51.9 Å². The standard InChI is InChI=1S/C34H44N3O11P/c1-6-9-10-11-28(29(7-2)37(21-38)47-34(41)27-13-12-24(44-5)16-22(27)4)32(39)35-20-36-33(40)31-15-14-30(46-31)23-17-25(45-8-3)19-26(18-23)48-49(42)43/h12-19,21,28-29,49H,6-11,20H2,1-5H3,(H,35,39)(H,36,40)(H,42,43). The molecule has 1 heterocycles. The number of amides is 3. The first-order valence-corrected chi connectivity index (χ1v) is 17.3. The number of nitrogens with zero attached hydrogens (tertiary/aromatic N) is 1. The van der Waals surface area contributed by atoms with Crippen molar-refractivity contribution in [3.63, 3.8) is 0 Å². The van der Waals surface area contributed by atoms with E-state index in [1.165, 1.54) is 25.3 Å². The number of ether oxygens (including phenoxy) is 2. The summed E-state index contributed by atoms with van der Waals surface area (Å²) in [5.41, 5.74) is 1.29. The SMILES string of the molecule is CCCCCC(C(=O)NCNC(=O)c1ccc(-c2cc(OCC)cc(O[PH](=O)O)c2)o1)C(CC)N(C=O)OC(=O)c1ccc(OC)cc1C. The third kappa shape index (κ3) is 11.1. The minimum atomic E-state index is -3.27. The molecular formula is C34H44N3O11P. The Bertz CT molecular complexity index is 1610. The summed E-state index contributed by atoms with van der Waals surface area (Å²) in [7, 11) is -1.76. The fourth-order valence-electron chi connectivity index (χ4n) is 5.23. The smallest absolute Gasteiger partial charge is 0.365 e. The lowest BCUT2D eigenvalue weighted by atomic mass is 9.90. The summed E-state index contributed by atoms with van der Waals surface area (Å²) in [5, 5.41) is 6.19. The number of carbonyl (C=O) groups is 4. The van der Waals surface area contributed by atoms with E-state index in [2.05, 4.69) is 10.6 Å². The predicted octanol–water partition coefficient (Wildman–Crippen LogP) is 5.43. The highest BCUT2D eigenvalue weighted by Crippen LogP contribution is 2.34. The number of nitrogens with one attached hydrogen (secondary N) is 2. The predicted molar refractivity (Wildman–Crippen MR) is 180 cm³/mol. The van der Waals surface area contributed by atoms with Crippen LogP contribution in [0.3, 0.4) is 0 Å². The Kier molecular flexibility index (Phi) is 15.2. The number of rotatable bonds is 20. The highest BCUT2D eigenvalue weighted by atomic mass is 31.1. The molecule has 3 atom stereocenters. The van der Waals surface area contributed by atoms with Gasteiger partial charge >= 0.3 is 14.2 Å². The first kappa shape index (κ1) is 38.6. The Morgan fingerprint density at radius 2 is 1.76 bits per heavy atom. The minimum Gasteiger partial charge on any atom is -0.497 e. The van der Waals surface area contributed by atoms with Crippen LogP contribution in [0, 0.1) is 12.8 Å². The number of aryl methyl sites for hydroxylation is 1. The zero-order valence-electron chi connectivity index (χ0n) is 28.3. The monoisotopic (exact) mass is 701 g/mol. The molecule has 0 aliphatic heterocycles. The highest BCUT2D eigenvalue weighted by molar-refractivity contribution is 7.32. The molecule has 49 heavy (non-hydrogen) atoms. The Morgan fingerprint density at radius 3 is 2.39 bits per heavy atom. The molecule has 15 heteroatoms. The molecule has 2 aromatic carbocycles. The summed E-state index contributed by atoms with van der Waals surface area (Å²) < 4.78 is 32.6. The summed E-state index contributed by atoms with van der Waals surface area (Å²) in [6.07, 6.45) is 3.56. The summed E-state index contributed by atoms with van der Waals surface area (Å²) in [6, 6.07) is 11.6. The summed E-state index contributed by atoms with van der Waals surface area (Å²) in [4.78, 5) is 66.3. The van der Waals surface area contributed by atoms with Gasteiger partial charge in [0.2, 0.25) is 12.3 Å². The third-order valence-corrected chi connectivity index (χ3v) is 8.04. The lowest BCUT2D eigenvalue weighted by Crippen LogP contribution is -2.49. The van der Waals surface area contributed by atoms with E-state index in [0.29, 0.717) is 54.9 Å². The Balaban J connectivity index is 1.69. The van der Waals surface area contributed by atoms with E-state index in [0.717, 1.165) is 17.9 Å². The number of hydrogen-bond donors (Lipinski definition) is 3. The molecule has 3 aromatic rings. The molecule has 0 saturated heterocycles. The highest BCUT2D eigenvalue weighted by Gasteiger charge is 2.34.